The summed E-state index contributed by atoms with van der Waals surface area (Å²) >= 11 is 0. The van der Waals surface area contributed by atoms with Gasteiger partial charge in [-0.1, -0.05) is 26.7 Å². The minimum atomic E-state index is -3.09. The molecule has 1 aromatic rings. The average molecular weight is 281 g/mol. The van der Waals surface area contributed by atoms with Crippen molar-refractivity contribution in [1.82, 2.24) is 0 Å². The predicted octanol–water partition coefficient (Wildman–Crippen LogP) is 3.47. The fraction of sp³-hybridized carbons (Fsp3) is 0.600. The van der Waals surface area contributed by atoms with Crippen LogP contribution in [0.2, 0.25) is 0 Å². The molecular formula is C15H23NO2S. The van der Waals surface area contributed by atoms with Gasteiger partial charge in [0.25, 0.3) is 0 Å². The zero-order valence-corrected chi connectivity index (χ0v) is 12.6. The van der Waals surface area contributed by atoms with Crippen LogP contribution in [0.1, 0.15) is 39.5 Å². The lowest BCUT2D eigenvalue weighted by Gasteiger charge is -2.24. The Labute approximate surface area is 116 Å². The molecule has 0 aliphatic heterocycles. The predicted molar refractivity (Wildman–Crippen MR) is 79.2 cm³/mol. The first-order valence-corrected chi connectivity index (χ1v) is 8.67. The van der Waals surface area contributed by atoms with Crippen molar-refractivity contribution in [2.24, 2.45) is 5.41 Å². The molecule has 0 bridgehead atoms. The van der Waals surface area contributed by atoms with Gasteiger partial charge in [-0.3, -0.25) is 0 Å². The fourth-order valence-electron chi connectivity index (χ4n) is 2.67. The second-order valence-corrected chi connectivity index (χ2v) is 8.08. The van der Waals surface area contributed by atoms with Crippen LogP contribution in [0.4, 0.5) is 5.69 Å². The molecule has 0 spiro atoms. The molecule has 3 nitrogen and oxygen atoms in total. The molecular weight excluding hydrogens is 258 g/mol. The third-order valence-electron chi connectivity index (χ3n) is 4.12. The van der Waals surface area contributed by atoms with Gasteiger partial charge in [0.2, 0.25) is 0 Å². The molecule has 106 valence electrons. The Morgan fingerprint density at radius 3 is 2.26 bits per heavy atom. The summed E-state index contributed by atoms with van der Waals surface area (Å²) in [5.74, 6) is 0.151. The van der Waals surface area contributed by atoms with E-state index >= 15 is 0 Å². The molecule has 0 amide bonds. The van der Waals surface area contributed by atoms with Crippen molar-refractivity contribution in [3.63, 3.8) is 0 Å². The van der Waals surface area contributed by atoms with E-state index in [9.17, 15) is 8.42 Å². The summed E-state index contributed by atoms with van der Waals surface area (Å²) in [4.78, 5) is 0.410. The van der Waals surface area contributed by atoms with Gasteiger partial charge in [-0.2, -0.15) is 0 Å². The van der Waals surface area contributed by atoms with E-state index in [1.54, 1.807) is 19.1 Å². The van der Waals surface area contributed by atoms with Crippen LogP contribution in [0.15, 0.2) is 29.2 Å². The summed E-state index contributed by atoms with van der Waals surface area (Å²) in [6, 6.07) is 7.11. The van der Waals surface area contributed by atoms with Crippen molar-refractivity contribution in [2.45, 2.75) is 44.4 Å². The van der Waals surface area contributed by atoms with E-state index in [1.165, 1.54) is 25.7 Å². The molecule has 1 saturated carbocycles. The first-order chi connectivity index (χ1) is 8.95. The summed E-state index contributed by atoms with van der Waals surface area (Å²) in [5.41, 5.74) is 1.40. The molecule has 0 atom stereocenters. The highest BCUT2D eigenvalue weighted by Gasteiger charge is 2.28. The minimum Gasteiger partial charge on any atom is -0.384 e. The summed E-state index contributed by atoms with van der Waals surface area (Å²) < 4.78 is 23.4. The topological polar surface area (TPSA) is 46.2 Å². The highest BCUT2D eigenvalue weighted by atomic mass is 32.2. The summed E-state index contributed by atoms with van der Waals surface area (Å²) in [6.07, 6.45) is 5.21. The number of hydrogen-bond donors (Lipinski definition) is 1. The van der Waals surface area contributed by atoms with Gasteiger partial charge in [0.15, 0.2) is 9.84 Å². The second kappa shape index (κ2) is 5.53. The van der Waals surface area contributed by atoms with Gasteiger partial charge in [-0.25, -0.2) is 8.42 Å². The third-order valence-corrected chi connectivity index (χ3v) is 5.87. The lowest BCUT2D eigenvalue weighted by atomic mass is 9.89. The molecule has 1 aliphatic carbocycles. The Balaban J connectivity index is 1.99. The van der Waals surface area contributed by atoms with E-state index in [4.69, 9.17) is 0 Å². The minimum absolute atomic E-state index is 0.151. The highest BCUT2D eigenvalue weighted by Crippen LogP contribution is 2.37. The zero-order chi connectivity index (χ0) is 13.9. The van der Waals surface area contributed by atoms with Crippen LogP contribution in [0.5, 0.6) is 0 Å². The summed E-state index contributed by atoms with van der Waals surface area (Å²) in [7, 11) is -3.09. The summed E-state index contributed by atoms with van der Waals surface area (Å²) in [6.45, 7) is 4.96. The van der Waals surface area contributed by atoms with E-state index in [0.29, 0.717) is 10.3 Å². The van der Waals surface area contributed by atoms with Gasteiger partial charge in [0.05, 0.1) is 10.6 Å². The van der Waals surface area contributed by atoms with E-state index in [1.807, 2.05) is 12.1 Å². The molecule has 1 fully saturated rings. The van der Waals surface area contributed by atoms with E-state index in [2.05, 4.69) is 12.2 Å². The van der Waals surface area contributed by atoms with Gasteiger partial charge in [-0.05, 0) is 42.5 Å². The highest BCUT2D eigenvalue weighted by molar-refractivity contribution is 7.91. The lowest BCUT2D eigenvalue weighted by molar-refractivity contribution is 0.362. The molecule has 0 saturated heterocycles. The molecule has 1 aliphatic rings. The molecule has 1 aromatic carbocycles. The van der Waals surface area contributed by atoms with Crippen molar-refractivity contribution in [2.75, 3.05) is 17.6 Å². The normalized spacial score (nSPS) is 18.4. The zero-order valence-electron chi connectivity index (χ0n) is 11.8. The molecule has 2 rings (SSSR count). The largest absolute Gasteiger partial charge is 0.384 e. The van der Waals surface area contributed by atoms with Crippen molar-refractivity contribution in [3.05, 3.63) is 24.3 Å². The van der Waals surface area contributed by atoms with Gasteiger partial charge < -0.3 is 5.32 Å². The van der Waals surface area contributed by atoms with Gasteiger partial charge in [-0.15, -0.1) is 0 Å². The molecule has 0 unspecified atom stereocenters. The molecule has 19 heavy (non-hydrogen) atoms. The van der Waals surface area contributed by atoms with Gasteiger partial charge in [0, 0.05) is 12.2 Å². The Bertz CT molecular complexity index is 514. The number of benzene rings is 1. The standard InChI is InChI=1S/C15H23NO2S/c1-3-19(17,18)14-8-6-13(7-9-14)16-12-15(2)10-4-5-11-15/h6-9,16H,3-5,10-12H2,1-2H3. The third kappa shape index (κ3) is 3.50. The van der Waals surface area contributed by atoms with Crippen LogP contribution in [-0.4, -0.2) is 20.7 Å². The van der Waals surface area contributed by atoms with E-state index in [0.717, 1.165) is 12.2 Å². The molecule has 0 heterocycles. The van der Waals surface area contributed by atoms with E-state index < -0.39 is 9.84 Å². The van der Waals surface area contributed by atoms with Crippen LogP contribution in [0.25, 0.3) is 0 Å². The van der Waals surface area contributed by atoms with Crippen LogP contribution in [0, 0.1) is 5.41 Å². The number of nitrogens with one attached hydrogen (secondary N) is 1. The maximum atomic E-state index is 11.7. The van der Waals surface area contributed by atoms with Crippen molar-refractivity contribution >= 4 is 15.5 Å². The van der Waals surface area contributed by atoms with Crippen LogP contribution < -0.4 is 5.32 Å². The average Bonchev–Trinajstić information content (AvgIpc) is 2.84. The van der Waals surface area contributed by atoms with Crippen LogP contribution in [0.3, 0.4) is 0 Å². The fourth-order valence-corrected chi connectivity index (χ4v) is 3.55. The van der Waals surface area contributed by atoms with Gasteiger partial charge in [0.1, 0.15) is 0 Å². The first kappa shape index (κ1) is 14.4. The van der Waals surface area contributed by atoms with Gasteiger partial charge >= 0.3 is 0 Å². The summed E-state index contributed by atoms with van der Waals surface area (Å²) in [5, 5.41) is 3.43. The van der Waals surface area contributed by atoms with Crippen molar-refractivity contribution in [3.8, 4) is 0 Å². The van der Waals surface area contributed by atoms with Crippen LogP contribution in [-0.2, 0) is 9.84 Å². The number of hydrogen-bond acceptors (Lipinski definition) is 3. The first-order valence-electron chi connectivity index (χ1n) is 7.02. The van der Waals surface area contributed by atoms with Crippen molar-refractivity contribution in [1.29, 1.82) is 0 Å². The molecule has 1 N–H and O–H groups in total. The SMILES string of the molecule is CCS(=O)(=O)c1ccc(NCC2(C)CCCC2)cc1. The Kier molecular flexibility index (Phi) is 4.19. The molecule has 0 aromatic heterocycles. The number of sulfone groups is 1. The Morgan fingerprint density at radius 1 is 1.16 bits per heavy atom. The van der Waals surface area contributed by atoms with Crippen LogP contribution >= 0.6 is 0 Å². The lowest BCUT2D eigenvalue weighted by Crippen LogP contribution is -2.22. The molecule has 0 radical (unpaired) electrons. The monoisotopic (exact) mass is 281 g/mol. The Morgan fingerprint density at radius 2 is 1.74 bits per heavy atom. The maximum Gasteiger partial charge on any atom is 0.178 e. The second-order valence-electron chi connectivity index (χ2n) is 5.80. The quantitative estimate of drug-likeness (QED) is 0.899. The molecule has 4 heteroatoms. The number of rotatable bonds is 5. The number of anilines is 1. The Hall–Kier alpha value is -1.03. The van der Waals surface area contributed by atoms with E-state index in [-0.39, 0.29) is 5.75 Å². The van der Waals surface area contributed by atoms with Crippen molar-refractivity contribution < 1.29 is 8.42 Å². The maximum absolute atomic E-state index is 11.7. The smallest absolute Gasteiger partial charge is 0.178 e.